The van der Waals surface area contributed by atoms with E-state index in [0.717, 1.165) is 44.9 Å². The van der Waals surface area contributed by atoms with E-state index in [4.69, 9.17) is 0 Å². The van der Waals surface area contributed by atoms with Crippen molar-refractivity contribution in [3.8, 4) is 55.6 Å². The third-order valence-electron chi connectivity index (χ3n) is 11.1. The lowest BCUT2D eigenvalue weighted by Gasteiger charge is -2.32. The molecule has 0 saturated heterocycles. The van der Waals surface area contributed by atoms with Crippen LogP contribution in [-0.4, -0.2) is 0 Å². The highest BCUT2D eigenvalue weighted by molar-refractivity contribution is 6.10. The maximum atomic E-state index is 2.51. The van der Waals surface area contributed by atoms with Crippen LogP contribution in [0.4, 0.5) is 17.1 Å². The summed E-state index contributed by atoms with van der Waals surface area (Å²) >= 11 is 0. The van der Waals surface area contributed by atoms with Crippen LogP contribution in [0.3, 0.4) is 0 Å². The van der Waals surface area contributed by atoms with Crippen molar-refractivity contribution < 1.29 is 0 Å². The van der Waals surface area contributed by atoms with Crippen LogP contribution in [0.25, 0.3) is 77.2 Å². The molecule has 0 saturated carbocycles. The lowest BCUT2D eigenvalue weighted by atomic mass is 9.89. The van der Waals surface area contributed by atoms with E-state index >= 15 is 0 Å². The van der Waals surface area contributed by atoms with E-state index in [0.29, 0.717) is 0 Å². The van der Waals surface area contributed by atoms with Crippen molar-refractivity contribution in [1.82, 2.24) is 0 Å². The summed E-state index contributed by atoms with van der Waals surface area (Å²) in [4.78, 5) is 2.51. The van der Waals surface area contributed by atoms with Crippen LogP contribution in [0.1, 0.15) is 0 Å². The number of nitrogens with zero attached hydrogens (tertiary/aromatic N) is 1. The first kappa shape index (κ1) is 34.0. The molecule has 1 nitrogen and oxygen atoms in total. The zero-order valence-electron chi connectivity index (χ0n) is 31.5. The summed E-state index contributed by atoms with van der Waals surface area (Å²) in [6.45, 7) is 0. The summed E-state index contributed by atoms with van der Waals surface area (Å²) in [6.07, 6.45) is 0. The Morgan fingerprint density at radius 3 is 1.33 bits per heavy atom. The van der Waals surface area contributed by atoms with Gasteiger partial charge in [-0.2, -0.15) is 0 Å². The second-order valence-corrected chi connectivity index (χ2v) is 14.4. The lowest BCUT2D eigenvalue weighted by molar-refractivity contribution is 1.28. The highest BCUT2D eigenvalue weighted by atomic mass is 15.1. The minimum atomic E-state index is 1.10. The molecular weight excluding hydrogens is 687 g/mol. The number of para-hydroxylation sites is 2. The van der Waals surface area contributed by atoms with Gasteiger partial charge in [-0.25, -0.2) is 0 Å². The van der Waals surface area contributed by atoms with E-state index in [2.05, 4.69) is 241 Å². The van der Waals surface area contributed by atoms with E-state index in [9.17, 15) is 0 Å². The summed E-state index contributed by atoms with van der Waals surface area (Å²) in [5, 5.41) is 4.91. The first-order valence-corrected chi connectivity index (χ1v) is 19.6. The predicted molar refractivity (Wildman–Crippen MR) is 243 cm³/mol. The molecule has 1 heteroatoms. The molecule has 57 heavy (non-hydrogen) atoms. The number of rotatable bonds is 8. The predicted octanol–water partition coefficient (Wildman–Crippen LogP) is 15.8. The van der Waals surface area contributed by atoms with Crippen LogP contribution in [-0.2, 0) is 0 Å². The van der Waals surface area contributed by atoms with Gasteiger partial charge in [0.15, 0.2) is 0 Å². The third-order valence-corrected chi connectivity index (χ3v) is 11.1. The molecule has 0 aromatic heterocycles. The topological polar surface area (TPSA) is 3.24 Å². The van der Waals surface area contributed by atoms with Crippen LogP contribution >= 0.6 is 0 Å². The second kappa shape index (κ2) is 15.0. The summed E-state index contributed by atoms with van der Waals surface area (Å²) in [5.74, 6) is 0. The molecule has 0 amide bonds. The van der Waals surface area contributed by atoms with Gasteiger partial charge in [-0.05, 0) is 78.7 Å². The Balaban J connectivity index is 1.31. The zero-order valence-corrected chi connectivity index (χ0v) is 31.5. The number of hydrogen-bond donors (Lipinski definition) is 0. The number of benzene rings is 10. The number of anilines is 3. The summed E-state index contributed by atoms with van der Waals surface area (Å²) in [7, 11) is 0. The molecule has 268 valence electrons. The molecule has 0 fully saturated rings. The molecule has 10 aromatic rings. The van der Waals surface area contributed by atoms with Crippen molar-refractivity contribution in [2.24, 2.45) is 0 Å². The van der Waals surface area contributed by atoms with Gasteiger partial charge in [0, 0.05) is 16.7 Å². The monoisotopic (exact) mass is 725 g/mol. The van der Waals surface area contributed by atoms with Crippen LogP contribution in [0.5, 0.6) is 0 Å². The molecule has 0 atom stereocenters. The molecule has 0 aliphatic heterocycles. The molecule has 0 bridgehead atoms. The second-order valence-electron chi connectivity index (χ2n) is 14.4. The minimum absolute atomic E-state index is 1.10. The van der Waals surface area contributed by atoms with E-state index in [1.54, 1.807) is 0 Å². The zero-order chi connectivity index (χ0) is 38.0. The minimum Gasteiger partial charge on any atom is -0.309 e. The van der Waals surface area contributed by atoms with Gasteiger partial charge in [0.25, 0.3) is 0 Å². The van der Waals surface area contributed by atoms with Crippen LogP contribution < -0.4 is 4.90 Å². The van der Waals surface area contributed by atoms with Crippen molar-refractivity contribution in [2.45, 2.75) is 0 Å². The average molecular weight is 726 g/mol. The summed E-state index contributed by atoms with van der Waals surface area (Å²) < 4.78 is 0. The van der Waals surface area contributed by atoms with Gasteiger partial charge in [-0.3, -0.25) is 0 Å². The van der Waals surface area contributed by atoms with Gasteiger partial charge >= 0.3 is 0 Å². The van der Waals surface area contributed by atoms with Crippen molar-refractivity contribution in [3.05, 3.63) is 237 Å². The molecule has 0 spiro atoms. The van der Waals surface area contributed by atoms with Gasteiger partial charge in [0.05, 0.1) is 17.1 Å². The van der Waals surface area contributed by atoms with Crippen molar-refractivity contribution in [3.63, 3.8) is 0 Å². The average Bonchev–Trinajstić information content (AvgIpc) is 3.30. The van der Waals surface area contributed by atoms with Gasteiger partial charge in [-0.15, -0.1) is 0 Å². The maximum absolute atomic E-state index is 2.51. The van der Waals surface area contributed by atoms with Gasteiger partial charge in [0.1, 0.15) is 0 Å². The van der Waals surface area contributed by atoms with Crippen LogP contribution in [0, 0.1) is 0 Å². The van der Waals surface area contributed by atoms with Gasteiger partial charge < -0.3 is 4.90 Å². The Kier molecular flexibility index (Phi) is 8.95. The number of hydrogen-bond acceptors (Lipinski definition) is 1. The third kappa shape index (κ3) is 6.36. The lowest BCUT2D eigenvalue weighted by Crippen LogP contribution is -2.14. The summed E-state index contributed by atoms with van der Waals surface area (Å²) in [5.41, 5.74) is 15.1. The number of fused-ring (bicyclic) bond motifs is 2. The first-order valence-electron chi connectivity index (χ1n) is 19.6. The molecule has 0 heterocycles. The molecule has 0 aliphatic carbocycles. The fourth-order valence-corrected chi connectivity index (χ4v) is 8.46. The Morgan fingerprint density at radius 1 is 0.228 bits per heavy atom. The van der Waals surface area contributed by atoms with Crippen molar-refractivity contribution in [1.29, 1.82) is 0 Å². The first-order chi connectivity index (χ1) is 28.3. The molecule has 0 aliphatic rings. The smallest absolute Gasteiger partial charge is 0.0546 e. The molecule has 0 unspecified atom stereocenters. The fraction of sp³-hybridized carbons (Fsp3) is 0. The standard InChI is InChI=1S/C56H39N/c1-4-19-41(20-5-1)48-30-12-14-35-53(48)57(54-36-15-13-31-51(54)52-34-18-28-44-27-17-33-50(56(44)52)43-23-8-3-9-24-43)55-39-45(37-38-49(55)42-21-6-2-7-22-42)47-32-16-26-40-25-10-11-29-46(40)47/h1-39H. The van der Waals surface area contributed by atoms with E-state index in [1.807, 2.05) is 0 Å². The quantitative estimate of drug-likeness (QED) is 0.151. The van der Waals surface area contributed by atoms with Crippen molar-refractivity contribution in [2.75, 3.05) is 4.90 Å². The van der Waals surface area contributed by atoms with Crippen LogP contribution in [0.2, 0.25) is 0 Å². The fourth-order valence-electron chi connectivity index (χ4n) is 8.46. The van der Waals surface area contributed by atoms with E-state index in [1.165, 1.54) is 49.4 Å². The maximum Gasteiger partial charge on any atom is 0.0546 e. The van der Waals surface area contributed by atoms with Gasteiger partial charge in [-0.1, -0.05) is 218 Å². The Morgan fingerprint density at radius 2 is 0.667 bits per heavy atom. The van der Waals surface area contributed by atoms with Crippen molar-refractivity contribution >= 4 is 38.6 Å². The van der Waals surface area contributed by atoms with E-state index in [-0.39, 0.29) is 0 Å². The van der Waals surface area contributed by atoms with Crippen LogP contribution in [0.15, 0.2) is 237 Å². The Bertz CT molecular complexity index is 2990. The highest BCUT2D eigenvalue weighted by Crippen LogP contribution is 2.50. The Hall–Kier alpha value is -7.48. The summed E-state index contributed by atoms with van der Waals surface area (Å²) in [6, 6.07) is 85.8. The molecule has 10 aromatic carbocycles. The normalized spacial score (nSPS) is 11.2. The SMILES string of the molecule is c1ccc(-c2ccccc2N(c2cc(-c3cccc4ccccc34)ccc2-c2ccccc2)c2ccccc2-c2cccc3cccc(-c4ccccc4)c23)cc1. The molecule has 0 N–H and O–H groups in total. The molecular formula is C56H39N. The highest BCUT2D eigenvalue weighted by Gasteiger charge is 2.25. The molecule has 10 rings (SSSR count). The van der Waals surface area contributed by atoms with Gasteiger partial charge in [0.2, 0.25) is 0 Å². The Labute approximate surface area is 334 Å². The molecule has 0 radical (unpaired) electrons. The van der Waals surface area contributed by atoms with E-state index < -0.39 is 0 Å². The largest absolute Gasteiger partial charge is 0.309 e.